The Bertz CT molecular complexity index is 1210. The lowest BCUT2D eigenvalue weighted by molar-refractivity contribution is -0.153. The quantitative estimate of drug-likeness (QED) is 0.383. The topological polar surface area (TPSA) is 50.4 Å². The summed E-state index contributed by atoms with van der Waals surface area (Å²) in [5, 5.41) is 3.86. The van der Waals surface area contributed by atoms with E-state index in [4.69, 9.17) is 4.42 Å². The molecule has 2 fully saturated rings. The molecule has 8 heteroatoms. The molecule has 200 valence electrons. The number of fused-ring (bicyclic) bond motifs is 1. The number of nitrogens with zero attached hydrogens (tertiary/aromatic N) is 2. The van der Waals surface area contributed by atoms with E-state index in [0.29, 0.717) is 12.1 Å². The van der Waals surface area contributed by atoms with Crippen molar-refractivity contribution in [1.29, 1.82) is 0 Å². The van der Waals surface area contributed by atoms with Crippen molar-refractivity contribution in [3.8, 4) is 0 Å². The molecule has 1 N–H and O–H groups in total. The van der Waals surface area contributed by atoms with E-state index < -0.39 is 17.8 Å². The van der Waals surface area contributed by atoms with Crippen LogP contribution in [0.15, 0.2) is 46.9 Å². The number of carbonyl (C=O) groups is 1. The molecule has 0 unspecified atom stereocenters. The van der Waals surface area contributed by atoms with Gasteiger partial charge in [-0.2, -0.15) is 13.2 Å². The standard InChI is InChI=1S/C29H36F3N3O2/c1-19(2)20-7-9-22(10-8-20)34-15-13-23(14-16-34)35-24(17-21-5-3-4-6-25(21)35)18-33-28(36)26-11-12-27(37-26)29(30,31)32/h3-6,11-12,17,19-20,22-23H,7-10,13-16,18H2,1-2H3,(H,33,36). The average Bonchev–Trinajstić information content (AvgIpc) is 3.53. The Balaban J connectivity index is 1.26. The summed E-state index contributed by atoms with van der Waals surface area (Å²) in [6.45, 7) is 7.02. The Morgan fingerprint density at radius 1 is 1.00 bits per heavy atom. The van der Waals surface area contributed by atoms with Crippen molar-refractivity contribution in [2.24, 2.45) is 11.8 Å². The van der Waals surface area contributed by atoms with Crippen LogP contribution in [0, 0.1) is 11.8 Å². The first kappa shape index (κ1) is 25.9. The summed E-state index contributed by atoms with van der Waals surface area (Å²) in [6.07, 6.45) is 2.70. The monoisotopic (exact) mass is 515 g/mol. The van der Waals surface area contributed by atoms with E-state index in [-0.39, 0.29) is 12.3 Å². The smallest absolute Gasteiger partial charge is 0.446 e. The van der Waals surface area contributed by atoms with Gasteiger partial charge in [-0.25, -0.2) is 0 Å². The number of furan rings is 1. The van der Waals surface area contributed by atoms with Gasteiger partial charge < -0.3 is 19.2 Å². The molecule has 1 aromatic carbocycles. The maximum Gasteiger partial charge on any atom is 0.449 e. The average molecular weight is 516 g/mol. The van der Waals surface area contributed by atoms with E-state index in [1.165, 1.54) is 25.7 Å². The third-order valence-corrected chi connectivity index (χ3v) is 8.43. The van der Waals surface area contributed by atoms with Crippen LogP contribution < -0.4 is 5.32 Å². The molecule has 1 amide bonds. The van der Waals surface area contributed by atoms with E-state index in [9.17, 15) is 18.0 Å². The minimum absolute atomic E-state index is 0.217. The first-order valence-electron chi connectivity index (χ1n) is 13.5. The number of hydrogen-bond donors (Lipinski definition) is 1. The number of piperidine rings is 1. The fourth-order valence-corrected chi connectivity index (χ4v) is 6.31. The van der Waals surface area contributed by atoms with Crippen molar-refractivity contribution in [3.05, 3.63) is 59.7 Å². The van der Waals surface area contributed by atoms with Gasteiger partial charge in [-0.05, 0) is 80.0 Å². The van der Waals surface area contributed by atoms with Crippen LogP contribution in [0.3, 0.4) is 0 Å². The van der Waals surface area contributed by atoms with Crippen LogP contribution in [0.5, 0.6) is 0 Å². The largest absolute Gasteiger partial charge is 0.449 e. The van der Waals surface area contributed by atoms with Crippen molar-refractivity contribution in [1.82, 2.24) is 14.8 Å². The molecule has 3 heterocycles. The lowest BCUT2D eigenvalue weighted by Gasteiger charge is -2.42. The van der Waals surface area contributed by atoms with Crippen molar-refractivity contribution in [3.63, 3.8) is 0 Å². The molecule has 1 saturated carbocycles. The van der Waals surface area contributed by atoms with Gasteiger partial charge in [0, 0.05) is 36.4 Å². The van der Waals surface area contributed by atoms with Gasteiger partial charge in [0.1, 0.15) is 0 Å². The lowest BCUT2D eigenvalue weighted by Crippen LogP contribution is -2.44. The van der Waals surface area contributed by atoms with Crippen LogP contribution in [0.1, 0.15) is 80.4 Å². The molecule has 0 radical (unpaired) electrons. The molecule has 37 heavy (non-hydrogen) atoms. The van der Waals surface area contributed by atoms with E-state index in [2.05, 4.69) is 46.8 Å². The van der Waals surface area contributed by atoms with Gasteiger partial charge in [-0.15, -0.1) is 0 Å². The summed E-state index contributed by atoms with van der Waals surface area (Å²) in [7, 11) is 0. The van der Waals surface area contributed by atoms with Crippen molar-refractivity contribution in [2.45, 2.75) is 77.2 Å². The summed E-state index contributed by atoms with van der Waals surface area (Å²) < 4.78 is 45.6. The van der Waals surface area contributed by atoms with Gasteiger partial charge in [0.05, 0.1) is 6.54 Å². The number of halogens is 3. The Labute approximate surface area is 216 Å². The molecule has 1 saturated heterocycles. The van der Waals surface area contributed by atoms with Crippen molar-refractivity contribution >= 4 is 16.8 Å². The van der Waals surface area contributed by atoms with Crippen LogP contribution in [-0.4, -0.2) is 34.5 Å². The summed E-state index contributed by atoms with van der Waals surface area (Å²) in [6, 6.07) is 13.1. The molecular formula is C29H36F3N3O2. The molecule has 0 atom stereocenters. The zero-order chi connectivity index (χ0) is 26.2. The number of carbonyl (C=O) groups excluding carboxylic acids is 1. The highest BCUT2D eigenvalue weighted by Gasteiger charge is 2.35. The van der Waals surface area contributed by atoms with Gasteiger partial charge in [0.25, 0.3) is 5.91 Å². The Morgan fingerprint density at radius 2 is 1.70 bits per heavy atom. The number of rotatable bonds is 6. The fourth-order valence-electron chi connectivity index (χ4n) is 6.31. The van der Waals surface area contributed by atoms with Gasteiger partial charge in [0.15, 0.2) is 5.76 Å². The van der Waals surface area contributed by atoms with Crippen LogP contribution >= 0.6 is 0 Å². The number of nitrogens with one attached hydrogen (secondary N) is 1. The predicted octanol–water partition coefficient (Wildman–Crippen LogP) is 7.03. The Hall–Kier alpha value is -2.74. The van der Waals surface area contributed by atoms with Crippen LogP contribution in [-0.2, 0) is 12.7 Å². The second-order valence-corrected chi connectivity index (χ2v) is 11.0. The normalized spacial score (nSPS) is 22.1. The maximum atomic E-state index is 12.9. The van der Waals surface area contributed by atoms with Crippen LogP contribution in [0.25, 0.3) is 10.9 Å². The summed E-state index contributed by atoms with van der Waals surface area (Å²) in [5.41, 5.74) is 2.08. The number of likely N-dealkylation sites (tertiary alicyclic amines) is 1. The molecule has 1 aliphatic carbocycles. The lowest BCUT2D eigenvalue weighted by atomic mass is 9.79. The molecule has 2 aliphatic rings. The van der Waals surface area contributed by atoms with Crippen LogP contribution in [0.4, 0.5) is 13.2 Å². The number of hydrogen-bond acceptors (Lipinski definition) is 3. The molecule has 3 aromatic rings. The second-order valence-electron chi connectivity index (χ2n) is 11.0. The van der Waals surface area contributed by atoms with Crippen molar-refractivity contribution in [2.75, 3.05) is 13.1 Å². The minimum atomic E-state index is -4.62. The van der Waals surface area contributed by atoms with Crippen molar-refractivity contribution < 1.29 is 22.4 Å². The van der Waals surface area contributed by atoms with Gasteiger partial charge in [-0.1, -0.05) is 32.0 Å². The molecule has 5 nitrogen and oxygen atoms in total. The highest BCUT2D eigenvalue weighted by atomic mass is 19.4. The Morgan fingerprint density at radius 3 is 2.35 bits per heavy atom. The maximum absolute atomic E-state index is 12.9. The molecule has 5 rings (SSSR count). The summed E-state index contributed by atoms with van der Waals surface area (Å²) in [5.74, 6) is -0.531. The number of amides is 1. The molecular weight excluding hydrogens is 479 g/mol. The SMILES string of the molecule is CC(C)C1CCC(N2CCC(n3c(CNC(=O)c4ccc(C(F)(F)F)o4)cc4ccccc43)CC2)CC1. The van der Waals surface area contributed by atoms with E-state index in [1.807, 2.05) is 12.1 Å². The third kappa shape index (κ3) is 5.59. The number of alkyl halides is 3. The highest BCUT2D eigenvalue weighted by molar-refractivity contribution is 5.91. The van der Waals surface area contributed by atoms with E-state index >= 15 is 0 Å². The predicted molar refractivity (Wildman–Crippen MR) is 137 cm³/mol. The summed E-state index contributed by atoms with van der Waals surface area (Å²) in [4.78, 5) is 15.2. The van der Waals surface area contributed by atoms with Gasteiger partial charge in [0.2, 0.25) is 5.76 Å². The Kier molecular flexibility index (Phi) is 7.39. The highest BCUT2D eigenvalue weighted by Crippen LogP contribution is 2.36. The summed E-state index contributed by atoms with van der Waals surface area (Å²) >= 11 is 0. The number of para-hydroxylation sites is 1. The zero-order valence-corrected chi connectivity index (χ0v) is 21.6. The zero-order valence-electron chi connectivity index (χ0n) is 21.6. The number of aromatic nitrogens is 1. The number of benzene rings is 1. The molecule has 2 aromatic heterocycles. The first-order valence-corrected chi connectivity index (χ1v) is 13.5. The van der Waals surface area contributed by atoms with Gasteiger partial charge in [-0.3, -0.25) is 4.79 Å². The van der Waals surface area contributed by atoms with E-state index in [1.54, 1.807) is 0 Å². The minimum Gasteiger partial charge on any atom is -0.446 e. The van der Waals surface area contributed by atoms with Gasteiger partial charge >= 0.3 is 6.18 Å². The first-order chi connectivity index (χ1) is 17.7. The second kappa shape index (κ2) is 10.6. The van der Waals surface area contributed by atoms with Crippen LogP contribution in [0.2, 0.25) is 0 Å². The third-order valence-electron chi connectivity index (χ3n) is 8.43. The fraction of sp³-hybridized carbons (Fsp3) is 0.552. The molecule has 0 bridgehead atoms. The molecule has 0 spiro atoms. The van der Waals surface area contributed by atoms with E-state index in [0.717, 1.165) is 66.5 Å². The molecule has 1 aliphatic heterocycles.